The highest BCUT2D eigenvalue weighted by atomic mass is 16.6. The Hall–Kier alpha value is -1.10. The molecule has 5 heteroatoms. The van der Waals surface area contributed by atoms with Crippen LogP contribution in [-0.2, 0) is 19.1 Å². The van der Waals surface area contributed by atoms with Gasteiger partial charge in [-0.05, 0) is 69.1 Å². The van der Waals surface area contributed by atoms with Gasteiger partial charge in [0.05, 0.1) is 18.4 Å². The molecule has 0 amide bonds. The Labute approximate surface area is 175 Å². The lowest BCUT2D eigenvalue weighted by atomic mass is 9.56. The zero-order valence-corrected chi connectivity index (χ0v) is 18.7. The molecule has 0 aromatic rings. The van der Waals surface area contributed by atoms with E-state index in [1.807, 2.05) is 13.8 Å². The Morgan fingerprint density at radius 3 is 2.69 bits per heavy atom. The molecule has 0 spiro atoms. The van der Waals surface area contributed by atoms with Gasteiger partial charge in [-0.2, -0.15) is 0 Å². The Morgan fingerprint density at radius 2 is 2.00 bits per heavy atom. The van der Waals surface area contributed by atoms with Crippen molar-refractivity contribution in [3.8, 4) is 0 Å². The maximum absolute atomic E-state index is 12.9. The van der Waals surface area contributed by atoms with E-state index >= 15 is 0 Å². The van der Waals surface area contributed by atoms with Crippen molar-refractivity contribution < 1.29 is 24.2 Å². The molecule has 8 atom stereocenters. The molecule has 0 radical (unpaired) electrons. The standard InChI is InChI=1S/C24H40O5/c1-5-16(3)23(27)29-24-11-10-15(2)12-18(24)7-6-17(4)21(24)9-8-20-13-19(25)14-22(26)28-20/h15-21,25H,5-14H2,1-4H3/t15-,16?,17-,18?,19-,20-,21?,24?/m0/s1. The first-order valence-electron chi connectivity index (χ1n) is 11.9. The van der Waals surface area contributed by atoms with Crippen molar-refractivity contribution in [3.05, 3.63) is 0 Å². The molecule has 3 aliphatic rings. The van der Waals surface area contributed by atoms with Crippen molar-refractivity contribution >= 4 is 11.9 Å². The predicted molar refractivity (Wildman–Crippen MR) is 111 cm³/mol. The molecule has 1 saturated heterocycles. The van der Waals surface area contributed by atoms with E-state index in [1.54, 1.807) is 0 Å². The van der Waals surface area contributed by atoms with Crippen LogP contribution < -0.4 is 0 Å². The summed E-state index contributed by atoms with van der Waals surface area (Å²) in [6.07, 6.45) is 7.71. The van der Waals surface area contributed by atoms with Crippen LogP contribution in [0.4, 0.5) is 0 Å². The van der Waals surface area contributed by atoms with Gasteiger partial charge in [0.25, 0.3) is 0 Å². The van der Waals surface area contributed by atoms with Crippen LogP contribution in [-0.4, -0.2) is 34.9 Å². The van der Waals surface area contributed by atoms with Gasteiger partial charge >= 0.3 is 11.9 Å². The van der Waals surface area contributed by atoms with E-state index in [-0.39, 0.29) is 36.0 Å². The van der Waals surface area contributed by atoms with E-state index in [1.165, 1.54) is 0 Å². The van der Waals surface area contributed by atoms with E-state index in [2.05, 4.69) is 13.8 Å². The lowest BCUT2D eigenvalue weighted by molar-refractivity contribution is -0.203. The summed E-state index contributed by atoms with van der Waals surface area (Å²) >= 11 is 0. The molecule has 166 valence electrons. The molecule has 0 bridgehead atoms. The first-order chi connectivity index (χ1) is 13.7. The van der Waals surface area contributed by atoms with Gasteiger partial charge in [-0.3, -0.25) is 9.59 Å². The summed E-state index contributed by atoms with van der Waals surface area (Å²) in [6.45, 7) is 8.60. The highest BCUT2D eigenvalue weighted by molar-refractivity contribution is 5.72. The number of carbonyl (C=O) groups is 2. The number of fused-ring (bicyclic) bond motifs is 1. The van der Waals surface area contributed by atoms with Gasteiger partial charge in [0, 0.05) is 12.3 Å². The average molecular weight is 409 g/mol. The van der Waals surface area contributed by atoms with Crippen molar-refractivity contribution in [2.45, 2.75) is 110 Å². The molecular formula is C24H40O5. The van der Waals surface area contributed by atoms with E-state index in [0.717, 1.165) is 51.4 Å². The number of aliphatic hydroxyl groups excluding tert-OH is 1. The number of esters is 2. The van der Waals surface area contributed by atoms with Gasteiger partial charge in [0.15, 0.2) is 0 Å². The zero-order valence-electron chi connectivity index (χ0n) is 18.7. The number of aliphatic hydroxyl groups is 1. The second-order valence-electron chi connectivity index (χ2n) is 10.2. The van der Waals surface area contributed by atoms with Gasteiger partial charge < -0.3 is 14.6 Å². The van der Waals surface area contributed by atoms with Crippen molar-refractivity contribution in [3.63, 3.8) is 0 Å². The normalized spacial score (nSPS) is 41.2. The Morgan fingerprint density at radius 1 is 1.24 bits per heavy atom. The van der Waals surface area contributed by atoms with Crippen molar-refractivity contribution in [1.29, 1.82) is 0 Å². The van der Waals surface area contributed by atoms with Crippen LogP contribution in [0, 0.1) is 29.6 Å². The first kappa shape index (κ1) is 22.6. The molecule has 0 aromatic heterocycles. The molecule has 3 fully saturated rings. The maximum atomic E-state index is 12.9. The van der Waals surface area contributed by atoms with Crippen LogP contribution in [0.2, 0.25) is 0 Å². The molecular weight excluding hydrogens is 368 g/mol. The highest BCUT2D eigenvalue weighted by Crippen LogP contribution is 2.54. The third kappa shape index (κ3) is 4.98. The summed E-state index contributed by atoms with van der Waals surface area (Å²) in [7, 11) is 0. The molecule has 5 nitrogen and oxygen atoms in total. The topological polar surface area (TPSA) is 72.8 Å². The first-order valence-corrected chi connectivity index (χ1v) is 11.9. The van der Waals surface area contributed by atoms with Gasteiger partial charge in [0.2, 0.25) is 0 Å². The minimum Gasteiger partial charge on any atom is -0.462 e. The van der Waals surface area contributed by atoms with Crippen LogP contribution in [0.15, 0.2) is 0 Å². The number of cyclic esters (lactones) is 1. The summed E-state index contributed by atoms with van der Waals surface area (Å²) in [6, 6.07) is 0. The van der Waals surface area contributed by atoms with Crippen molar-refractivity contribution in [1.82, 2.24) is 0 Å². The Balaban J connectivity index is 1.78. The zero-order chi connectivity index (χ0) is 21.2. The second-order valence-corrected chi connectivity index (χ2v) is 10.2. The lowest BCUT2D eigenvalue weighted by Crippen LogP contribution is -2.57. The number of ether oxygens (including phenoxy) is 2. The molecule has 29 heavy (non-hydrogen) atoms. The predicted octanol–water partition coefficient (Wildman–Crippen LogP) is 4.64. The molecule has 1 N–H and O–H groups in total. The fraction of sp³-hybridized carbons (Fsp3) is 0.917. The smallest absolute Gasteiger partial charge is 0.309 e. The SMILES string of the molecule is CCC(C)C(=O)OC12CC[C@H](C)CC1CC[C@H](C)C2CC[C@H]1C[C@H](O)CC(=O)O1. The third-order valence-corrected chi connectivity index (χ3v) is 8.03. The number of hydrogen-bond donors (Lipinski definition) is 1. The quantitative estimate of drug-likeness (QED) is 0.648. The second kappa shape index (κ2) is 9.36. The van der Waals surface area contributed by atoms with Crippen LogP contribution in [0.3, 0.4) is 0 Å². The maximum Gasteiger partial charge on any atom is 0.309 e. The Bertz CT molecular complexity index is 590. The molecule has 4 unspecified atom stereocenters. The minimum atomic E-state index is -0.592. The molecule has 3 rings (SSSR count). The fourth-order valence-corrected chi connectivity index (χ4v) is 6.07. The van der Waals surface area contributed by atoms with Crippen LogP contribution in [0.1, 0.15) is 91.9 Å². The molecule has 1 heterocycles. The summed E-state index contributed by atoms with van der Waals surface area (Å²) in [4.78, 5) is 24.6. The molecule has 1 aliphatic heterocycles. The largest absolute Gasteiger partial charge is 0.462 e. The average Bonchev–Trinajstić information content (AvgIpc) is 2.66. The lowest BCUT2D eigenvalue weighted by Gasteiger charge is -2.55. The van der Waals surface area contributed by atoms with Crippen LogP contribution in [0.5, 0.6) is 0 Å². The van der Waals surface area contributed by atoms with Gasteiger partial charge in [-0.1, -0.05) is 27.7 Å². The van der Waals surface area contributed by atoms with Crippen molar-refractivity contribution in [2.75, 3.05) is 0 Å². The van der Waals surface area contributed by atoms with E-state index in [9.17, 15) is 14.7 Å². The van der Waals surface area contributed by atoms with Gasteiger partial charge in [0.1, 0.15) is 11.7 Å². The molecule has 0 aromatic carbocycles. The number of carbonyl (C=O) groups excluding carboxylic acids is 2. The van der Waals surface area contributed by atoms with E-state index in [0.29, 0.717) is 30.1 Å². The van der Waals surface area contributed by atoms with Gasteiger partial charge in [-0.25, -0.2) is 0 Å². The van der Waals surface area contributed by atoms with Crippen LogP contribution >= 0.6 is 0 Å². The number of rotatable bonds is 6. The minimum absolute atomic E-state index is 0.0503. The highest BCUT2D eigenvalue weighted by Gasteiger charge is 2.55. The number of hydrogen-bond acceptors (Lipinski definition) is 5. The summed E-state index contributed by atoms with van der Waals surface area (Å²) < 4.78 is 12.0. The molecule has 2 saturated carbocycles. The fourth-order valence-electron chi connectivity index (χ4n) is 6.07. The third-order valence-electron chi connectivity index (χ3n) is 8.03. The van der Waals surface area contributed by atoms with E-state index in [4.69, 9.17) is 9.47 Å². The summed E-state index contributed by atoms with van der Waals surface area (Å²) in [5, 5.41) is 9.94. The summed E-state index contributed by atoms with van der Waals surface area (Å²) in [5.41, 5.74) is -0.373. The van der Waals surface area contributed by atoms with Crippen LogP contribution in [0.25, 0.3) is 0 Å². The van der Waals surface area contributed by atoms with Crippen molar-refractivity contribution in [2.24, 2.45) is 29.6 Å². The summed E-state index contributed by atoms with van der Waals surface area (Å²) in [5.74, 6) is 1.46. The van der Waals surface area contributed by atoms with Gasteiger partial charge in [-0.15, -0.1) is 0 Å². The Kier molecular flexibility index (Phi) is 7.29. The molecule has 2 aliphatic carbocycles. The van der Waals surface area contributed by atoms with E-state index < -0.39 is 6.10 Å². The monoisotopic (exact) mass is 408 g/mol.